The first-order valence-electron chi connectivity index (χ1n) is 11.2. The van der Waals surface area contributed by atoms with Crippen LogP contribution in [-0.4, -0.2) is 52.6 Å². The summed E-state index contributed by atoms with van der Waals surface area (Å²) >= 11 is 1.10. The third-order valence-corrected chi connectivity index (χ3v) is 7.99. The van der Waals surface area contributed by atoms with Crippen molar-refractivity contribution in [1.82, 2.24) is 4.72 Å². The zero-order valence-corrected chi connectivity index (χ0v) is 22.1. The molecule has 0 aliphatic heterocycles. The number of aryl methyl sites for hydroxylation is 1. The van der Waals surface area contributed by atoms with Crippen LogP contribution < -0.4 is 4.72 Å². The van der Waals surface area contributed by atoms with E-state index in [4.69, 9.17) is 4.74 Å². The van der Waals surface area contributed by atoms with E-state index in [1.54, 1.807) is 12.1 Å². The van der Waals surface area contributed by atoms with Crippen LogP contribution in [0.2, 0.25) is 0 Å². The summed E-state index contributed by atoms with van der Waals surface area (Å²) in [6.07, 6.45) is -0.0625. The summed E-state index contributed by atoms with van der Waals surface area (Å²) in [6.45, 7) is 2.58. The fraction of sp³-hybridized carbons (Fsp3) is 0.296. The molecule has 35 heavy (non-hydrogen) atoms. The normalized spacial score (nSPS) is 12.5. The molecule has 6 nitrogen and oxygen atoms in total. The summed E-state index contributed by atoms with van der Waals surface area (Å²) in [5, 5.41) is 0. The van der Waals surface area contributed by atoms with Crippen molar-refractivity contribution in [3.63, 3.8) is 0 Å². The standard InChI is InChI=1S/C27H31N2O4S2/c1-21-10-12-22(13-11-21)14-15-25-16-17-27(34-25)35(31,32)28-24(19-29(2,3)4)18-26(30)33-20-23-8-6-5-7-9-23/h5-13,16-17,24,28H,18-20H2,1-4H3/q+1. The van der Waals surface area contributed by atoms with E-state index in [9.17, 15) is 13.2 Å². The lowest BCUT2D eigenvalue weighted by atomic mass is 10.1. The van der Waals surface area contributed by atoms with E-state index < -0.39 is 22.0 Å². The van der Waals surface area contributed by atoms with Crippen LogP contribution in [0.4, 0.5) is 0 Å². The molecule has 0 saturated heterocycles. The number of benzene rings is 2. The Morgan fingerprint density at radius 2 is 1.69 bits per heavy atom. The van der Waals surface area contributed by atoms with Gasteiger partial charge in [-0.25, -0.2) is 13.1 Å². The molecular formula is C27H31N2O4S2+. The molecule has 3 rings (SSSR count). The average molecular weight is 512 g/mol. The lowest BCUT2D eigenvalue weighted by Crippen LogP contribution is -2.49. The number of ether oxygens (including phenoxy) is 1. The van der Waals surface area contributed by atoms with E-state index in [2.05, 4.69) is 16.6 Å². The minimum atomic E-state index is -3.83. The summed E-state index contributed by atoms with van der Waals surface area (Å²) in [6, 6.07) is 19.8. The van der Waals surface area contributed by atoms with Gasteiger partial charge < -0.3 is 9.22 Å². The summed E-state index contributed by atoms with van der Waals surface area (Å²) in [5.41, 5.74) is 2.89. The molecule has 0 fully saturated rings. The van der Waals surface area contributed by atoms with Gasteiger partial charge in [0.15, 0.2) is 0 Å². The van der Waals surface area contributed by atoms with Crippen LogP contribution in [0.25, 0.3) is 0 Å². The highest BCUT2D eigenvalue weighted by Gasteiger charge is 2.28. The molecule has 0 amide bonds. The summed E-state index contributed by atoms with van der Waals surface area (Å²) in [7, 11) is 2.01. The Morgan fingerprint density at radius 3 is 2.34 bits per heavy atom. The largest absolute Gasteiger partial charge is 0.461 e. The number of rotatable bonds is 9. The molecule has 0 saturated carbocycles. The van der Waals surface area contributed by atoms with Crippen molar-refractivity contribution in [3.8, 4) is 11.8 Å². The van der Waals surface area contributed by atoms with Crippen molar-refractivity contribution < 1.29 is 22.4 Å². The van der Waals surface area contributed by atoms with Gasteiger partial charge in [-0.3, -0.25) is 4.79 Å². The Balaban J connectivity index is 1.68. The summed E-state index contributed by atoms with van der Waals surface area (Å²) in [5.74, 6) is 5.64. The molecule has 0 aliphatic rings. The smallest absolute Gasteiger partial charge is 0.307 e. The number of hydrogen-bond donors (Lipinski definition) is 1. The number of thiophene rings is 1. The van der Waals surface area contributed by atoms with E-state index >= 15 is 0 Å². The number of hydrogen-bond acceptors (Lipinski definition) is 5. The molecule has 184 valence electrons. The number of quaternary nitrogens is 1. The second-order valence-corrected chi connectivity index (χ2v) is 12.4. The zero-order chi connectivity index (χ0) is 25.5. The van der Waals surface area contributed by atoms with Crippen LogP contribution in [0.1, 0.15) is 28.0 Å². The third kappa shape index (κ3) is 8.96. The number of sulfonamides is 1. The summed E-state index contributed by atoms with van der Waals surface area (Å²) in [4.78, 5) is 13.1. The molecular weight excluding hydrogens is 480 g/mol. The van der Waals surface area contributed by atoms with Gasteiger partial charge in [0.25, 0.3) is 10.0 Å². The van der Waals surface area contributed by atoms with Gasteiger partial charge in [0.05, 0.1) is 45.0 Å². The highest BCUT2D eigenvalue weighted by molar-refractivity contribution is 7.91. The molecule has 0 aliphatic carbocycles. The fourth-order valence-corrected chi connectivity index (χ4v) is 5.79. The molecule has 0 radical (unpaired) electrons. The Morgan fingerprint density at radius 1 is 1.00 bits per heavy atom. The van der Waals surface area contributed by atoms with E-state index in [0.717, 1.165) is 28.0 Å². The first kappa shape index (κ1) is 26.6. The molecule has 1 aromatic heterocycles. The highest BCUT2D eigenvalue weighted by atomic mass is 32.2. The maximum atomic E-state index is 13.1. The lowest BCUT2D eigenvalue weighted by molar-refractivity contribution is -0.871. The molecule has 2 aromatic carbocycles. The number of nitrogens with one attached hydrogen (secondary N) is 1. The van der Waals surface area contributed by atoms with E-state index in [0.29, 0.717) is 15.9 Å². The predicted octanol–water partition coefficient (Wildman–Crippen LogP) is 3.94. The Hall–Kier alpha value is -2.96. The van der Waals surface area contributed by atoms with Gasteiger partial charge in [-0.2, -0.15) is 0 Å². The fourth-order valence-electron chi connectivity index (χ4n) is 3.38. The first-order valence-corrected chi connectivity index (χ1v) is 13.5. The Bertz CT molecular complexity index is 1300. The van der Waals surface area contributed by atoms with Gasteiger partial charge in [-0.1, -0.05) is 59.9 Å². The van der Waals surface area contributed by atoms with E-state index in [1.165, 1.54) is 0 Å². The van der Waals surface area contributed by atoms with Gasteiger partial charge in [-0.15, -0.1) is 11.3 Å². The predicted molar refractivity (Wildman–Crippen MR) is 139 cm³/mol. The first-order chi connectivity index (χ1) is 16.5. The Labute approximate surface area is 212 Å². The number of likely N-dealkylation sites (N-methyl/N-ethyl adjacent to an activating group) is 1. The number of nitrogens with zero attached hydrogens (tertiary/aromatic N) is 1. The second-order valence-electron chi connectivity index (χ2n) is 9.38. The monoisotopic (exact) mass is 511 g/mol. The van der Waals surface area contributed by atoms with Gasteiger partial charge in [0.1, 0.15) is 10.8 Å². The van der Waals surface area contributed by atoms with Crippen molar-refractivity contribution in [2.45, 2.75) is 30.2 Å². The van der Waals surface area contributed by atoms with Crippen LogP contribution >= 0.6 is 11.3 Å². The van der Waals surface area contributed by atoms with Crippen molar-refractivity contribution >= 4 is 27.3 Å². The molecule has 1 N–H and O–H groups in total. The van der Waals surface area contributed by atoms with Crippen molar-refractivity contribution in [2.75, 3.05) is 27.7 Å². The topological polar surface area (TPSA) is 72.5 Å². The van der Waals surface area contributed by atoms with Gasteiger partial charge in [0.2, 0.25) is 0 Å². The average Bonchev–Trinajstić information content (AvgIpc) is 3.27. The van der Waals surface area contributed by atoms with Crippen molar-refractivity contribution in [2.24, 2.45) is 0 Å². The number of carbonyl (C=O) groups excluding carboxylic acids is 1. The lowest BCUT2D eigenvalue weighted by Gasteiger charge is -2.29. The van der Waals surface area contributed by atoms with Crippen molar-refractivity contribution in [3.05, 3.63) is 88.3 Å². The SMILES string of the molecule is Cc1ccc(C#Cc2ccc(S(=O)(=O)NC(CC(=O)OCc3ccccc3)C[N+](C)(C)C)s2)cc1. The van der Waals surface area contributed by atoms with Crippen LogP contribution in [0.3, 0.4) is 0 Å². The van der Waals surface area contributed by atoms with Gasteiger partial charge >= 0.3 is 5.97 Å². The maximum absolute atomic E-state index is 13.1. The number of carbonyl (C=O) groups is 1. The molecule has 3 aromatic rings. The molecule has 8 heteroatoms. The van der Waals surface area contributed by atoms with Crippen LogP contribution in [0.15, 0.2) is 70.9 Å². The Kier molecular flexibility index (Phi) is 8.87. The molecule has 0 spiro atoms. The van der Waals surface area contributed by atoms with Crippen LogP contribution in [0, 0.1) is 18.8 Å². The zero-order valence-electron chi connectivity index (χ0n) is 20.4. The third-order valence-electron chi connectivity index (χ3n) is 4.97. The van der Waals surface area contributed by atoms with Crippen LogP contribution in [-0.2, 0) is 26.2 Å². The number of esters is 1. The molecule has 1 heterocycles. The molecule has 1 unspecified atom stereocenters. The van der Waals surface area contributed by atoms with Gasteiger partial charge in [0, 0.05) is 5.56 Å². The maximum Gasteiger partial charge on any atom is 0.307 e. The summed E-state index contributed by atoms with van der Waals surface area (Å²) < 4.78 is 34.9. The van der Waals surface area contributed by atoms with Crippen LogP contribution in [0.5, 0.6) is 0 Å². The van der Waals surface area contributed by atoms with E-state index in [-0.39, 0.29) is 17.2 Å². The van der Waals surface area contributed by atoms with E-state index in [1.807, 2.05) is 82.7 Å². The van der Waals surface area contributed by atoms with Crippen molar-refractivity contribution in [1.29, 1.82) is 0 Å². The minimum absolute atomic E-state index is 0.0625. The minimum Gasteiger partial charge on any atom is -0.461 e. The second kappa shape index (κ2) is 11.6. The van der Waals surface area contributed by atoms with Gasteiger partial charge in [-0.05, 0) is 36.8 Å². The molecule has 0 bridgehead atoms. The molecule has 1 atom stereocenters. The quantitative estimate of drug-likeness (QED) is 0.268. The highest BCUT2D eigenvalue weighted by Crippen LogP contribution is 2.22.